The van der Waals surface area contributed by atoms with E-state index >= 15 is 0 Å². The summed E-state index contributed by atoms with van der Waals surface area (Å²) in [5, 5.41) is 5.78. The zero-order valence-corrected chi connectivity index (χ0v) is 8.08. The number of nitrogens with two attached hydrogens (primary N) is 1. The Balaban J connectivity index is 2.31. The van der Waals surface area contributed by atoms with Crippen LogP contribution in [-0.2, 0) is 0 Å². The Hall–Kier alpha value is -1.56. The van der Waals surface area contributed by atoms with Gasteiger partial charge in [0.2, 0.25) is 0 Å². The molecule has 1 heterocycles. The number of halogens is 1. The molecule has 0 fully saturated rings. The van der Waals surface area contributed by atoms with Crippen LogP contribution in [0.1, 0.15) is 0 Å². The molecule has 1 rings (SSSR count). The molecule has 0 atom stereocenters. The maximum atomic E-state index is 10.3. The summed E-state index contributed by atoms with van der Waals surface area (Å²) >= 11 is 5.77. The lowest BCUT2D eigenvalue weighted by Crippen LogP contribution is -2.33. The van der Waals surface area contributed by atoms with Gasteiger partial charge in [-0.2, -0.15) is 0 Å². The van der Waals surface area contributed by atoms with Crippen molar-refractivity contribution in [3.05, 3.63) is 17.5 Å². The third kappa shape index (κ3) is 3.44. The smallest absolute Gasteiger partial charge is 0.312 e. The summed E-state index contributed by atoms with van der Waals surface area (Å²) in [5.41, 5.74) is 4.87. The van der Waals surface area contributed by atoms with Gasteiger partial charge in [-0.15, -0.1) is 0 Å². The average molecular weight is 216 g/mol. The van der Waals surface area contributed by atoms with Gasteiger partial charge in [0, 0.05) is 13.1 Å². The van der Waals surface area contributed by atoms with Crippen molar-refractivity contribution in [3.63, 3.8) is 0 Å². The second-order valence-electron chi connectivity index (χ2n) is 2.44. The number of nitrogens with zero attached hydrogens (tertiary/aromatic N) is 2. The molecule has 0 aliphatic heterocycles. The minimum atomic E-state index is -0.555. The molecule has 0 aromatic carbocycles. The molecule has 1 aromatic heterocycles. The number of primary amides is 1. The van der Waals surface area contributed by atoms with Crippen LogP contribution in [0.15, 0.2) is 12.5 Å². The first kappa shape index (κ1) is 10.5. The quantitative estimate of drug-likeness (QED) is 0.626. The van der Waals surface area contributed by atoms with Crippen LogP contribution in [0.2, 0.25) is 5.02 Å². The number of nitrogens with one attached hydrogen (secondary N) is 2. The maximum Gasteiger partial charge on any atom is 0.312 e. The van der Waals surface area contributed by atoms with Crippen LogP contribution < -0.4 is 16.4 Å². The van der Waals surface area contributed by atoms with E-state index in [2.05, 4.69) is 20.6 Å². The van der Waals surface area contributed by atoms with Crippen molar-refractivity contribution in [2.75, 3.05) is 18.4 Å². The van der Waals surface area contributed by atoms with Gasteiger partial charge in [-0.05, 0) is 0 Å². The van der Waals surface area contributed by atoms with Crippen molar-refractivity contribution in [2.45, 2.75) is 0 Å². The molecule has 14 heavy (non-hydrogen) atoms. The molecule has 4 N–H and O–H groups in total. The predicted octanol–water partition coefficient (Wildman–Crippen LogP) is 0.210. The number of rotatable bonds is 4. The van der Waals surface area contributed by atoms with Crippen molar-refractivity contribution in [2.24, 2.45) is 5.73 Å². The number of carbonyl (C=O) groups excluding carboxylic acids is 1. The van der Waals surface area contributed by atoms with Gasteiger partial charge >= 0.3 is 6.03 Å². The van der Waals surface area contributed by atoms with E-state index in [9.17, 15) is 4.79 Å². The molecule has 7 heteroatoms. The van der Waals surface area contributed by atoms with Gasteiger partial charge in [0.05, 0.1) is 6.20 Å². The highest BCUT2D eigenvalue weighted by atomic mass is 35.5. The molecule has 6 nitrogen and oxygen atoms in total. The predicted molar refractivity (Wildman–Crippen MR) is 53.1 cm³/mol. The van der Waals surface area contributed by atoms with Gasteiger partial charge in [0.1, 0.15) is 17.2 Å². The van der Waals surface area contributed by atoms with Crippen LogP contribution in [0.25, 0.3) is 0 Å². The van der Waals surface area contributed by atoms with E-state index in [1.807, 2.05) is 0 Å². The number of amides is 2. The Bertz CT molecular complexity index is 319. The van der Waals surface area contributed by atoms with Crippen molar-refractivity contribution < 1.29 is 4.79 Å². The van der Waals surface area contributed by atoms with Gasteiger partial charge < -0.3 is 16.4 Å². The van der Waals surface area contributed by atoms with E-state index in [4.69, 9.17) is 17.3 Å². The normalized spacial score (nSPS) is 9.50. The standard InChI is InChI=1S/C7H10ClN5O/c8-5-3-10-4-13-6(5)11-1-2-12-7(9)14/h3-4H,1-2H2,(H3,9,12,14)(H,10,11,13). The highest BCUT2D eigenvalue weighted by Gasteiger charge is 1.99. The molecule has 1 aromatic rings. The van der Waals surface area contributed by atoms with Crippen molar-refractivity contribution in [3.8, 4) is 0 Å². The second-order valence-corrected chi connectivity index (χ2v) is 2.84. The molecular weight excluding hydrogens is 206 g/mol. The first-order valence-electron chi connectivity index (χ1n) is 3.93. The van der Waals surface area contributed by atoms with Crippen molar-refractivity contribution in [1.29, 1.82) is 0 Å². The van der Waals surface area contributed by atoms with Crippen LogP contribution in [0.4, 0.5) is 10.6 Å². The van der Waals surface area contributed by atoms with Crippen LogP contribution in [0.5, 0.6) is 0 Å². The van der Waals surface area contributed by atoms with Crippen molar-refractivity contribution in [1.82, 2.24) is 15.3 Å². The summed E-state index contributed by atoms with van der Waals surface area (Å²) in [7, 11) is 0. The molecule has 2 amide bonds. The summed E-state index contributed by atoms with van der Waals surface area (Å²) in [4.78, 5) is 17.9. The number of aromatic nitrogens is 2. The third-order valence-corrected chi connectivity index (χ3v) is 1.66. The zero-order valence-electron chi connectivity index (χ0n) is 7.33. The Morgan fingerprint density at radius 2 is 2.36 bits per heavy atom. The van der Waals surface area contributed by atoms with Crippen LogP contribution >= 0.6 is 11.6 Å². The fraction of sp³-hybridized carbons (Fsp3) is 0.286. The van der Waals surface area contributed by atoms with Crippen LogP contribution in [0.3, 0.4) is 0 Å². The summed E-state index contributed by atoms with van der Waals surface area (Å²) in [6.45, 7) is 0.912. The molecule has 0 saturated heterocycles. The molecule has 0 saturated carbocycles. The number of hydrogen-bond donors (Lipinski definition) is 3. The van der Waals surface area contributed by atoms with E-state index in [0.717, 1.165) is 0 Å². The van der Waals surface area contributed by atoms with E-state index in [1.165, 1.54) is 12.5 Å². The zero-order chi connectivity index (χ0) is 10.4. The molecule has 0 unspecified atom stereocenters. The number of anilines is 1. The van der Waals surface area contributed by atoms with Crippen LogP contribution in [0, 0.1) is 0 Å². The first-order chi connectivity index (χ1) is 6.70. The minimum Gasteiger partial charge on any atom is -0.367 e. The van der Waals surface area contributed by atoms with E-state index in [1.54, 1.807) is 0 Å². The molecule has 0 radical (unpaired) electrons. The minimum absolute atomic E-state index is 0.412. The Kier molecular flexibility index (Phi) is 3.93. The lowest BCUT2D eigenvalue weighted by molar-refractivity contribution is 0.249. The van der Waals surface area contributed by atoms with E-state index < -0.39 is 6.03 Å². The lowest BCUT2D eigenvalue weighted by atomic mass is 10.5. The van der Waals surface area contributed by atoms with Gasteiger partial charge in [-0.25, -0.2) is 14.8 Å². The van der Waals surface area contributed by atoms with Gasteiger partial charge in [-0.1, -0.05) is 11.6 Å². The maximum absolute atomic E-state index is 10.3. The summed E-state index contributed by atoms with van der Waals surface area (Å²) in [6, 6.07) is -0.555. The highest BCUT2D eigenvalue weighted by Crippen LogP contribution is 2.14. The average Bonchev–Trinajstić information content (AvgIpc) is 2.15. The largest absolute Gasteiger partial charge is 0.367 e. The van der Waals surface area contributed by atoms with E-state index in [0.29, 0.717) is 23.9 Å². The number of hydrogen-bond acceptors (Lipinski definition) is 4. The summed E-state index contributed by atoms with van der Waals surface area (Å²) < 4.78 is 0. The molecule has 0 spiro atoms. The Morgan fingerprint density at radius 1 is 1.57 bits per heavy atom. The molecular formula is C7H10ClN5O. The van der Waals surface area contributed by atoms with Gasteiger partial charge in [0.25, 0.3) is 0 Å². The SMILES string of the molecule is NC(=O)NCCNc1ncncc1Cl. The summed E-state index contributed by atoms with van der Waals surface area (Å²) in [5.74, 6) is 0.535. The highest BCUT2D eigenvalue weighted by molar-refractivity contribution is 6.32. The Labute approximate surface area is 85.9 Å². The number of carbonyl (C=O) groups is 1. The molecule has 0 aliphatic carbocycles. The molecule has 0 aliphatic rings. The van der Waals surface area contributed by atoms with Gasteiger partial charge in [-0.3, -0.25) is 0 Å². The second kappa shape index (κ2) is 5.23. The third-order valence-electron chi connectivity index (χ3n) is 1.38. The van der Waals surface area contributed by atoms with Crippen molar-refractivity contribution >= 4 is 23.4 Å². The molecule has 76 valence electrons. The number of urea groups is 1. The van der Waals surface area contributed by atoms with Crippen LogP contribution in [-0.4, -0.2) is 29.1 Å². The topological polar surface area (TPSA) is 92.9 Å². The fourth-order valence-corrected chi connectivity index (χ4v) is 0.981. The Morgan fingerprint density at radius 3 is 3.00 bits per heavy atom. The fourth-order valence-electron chi connectivity index (χ4n) is 0.809. The van der Waals surface area contributed by atoms with E-state index in [-0.39, 0.29) is 0 Å². The summed E-state index contributed by atoms with van der Waals surface area (Å²) in [6.07, 6.45) is 2.87. The lowest BCUT2D eigenvalue weighted by Gasteiger charge is -2.06. The molecule has 0 bridgehead atoms. The van der Waals surface area contributed by atoms with Gasteiger partial charge in [0.15, 0.2) is 0 Å². The first-order valence-corrected chi connectivity index (χ1v) is 4.30. The monoisotopic (exact) mass is 215 g/mol.